The van der Waals surface area contributed by atoms with Crippen molar-refractivity contribution in [3.63, 3.8) is 0 Å². The molecule has 0 spiro atoms. The molecule has 0 unspecified atom stereocenters. The molecule has 0 saturated heterocycles. The summed E-state index contributed by atoms with van der Waals surface area (Å²) < 4.78 is 30.1. The van der Waals surface area contributed by atoms with Gasteiger partial charge in [0.05, 0.1) is 28.5 Å². The molecule has 7 heteroatoms. The molecule has 0 aliphatic rings. The van der Waals surface area contributed by atoms with Crippen molar-refractivity contribution >= 4 is 32.2 Å². The van der Waals surface area contributed by atoms with Crippen LogP contribution in [0.3, 0.4) is 0 Å². The zero-order valence-corrected chi connectivity index (χ0v) is 16.6. The summed E-state index contributed by atoms with van der Waals surface area (Å²) in [5, 5.41) is 13.9. The number of nitrogens with one attached hydrogen (secondary N) is 1. The molecule has 1 amide bonds. The average molecular weight is 399 g/mol. The predicted octanol–water partition coefficient (Wildman–Crippen LogP) is 3.99. The fourth-order valence-corrected chi connectivity index (χ4v) is 3.92. The highest BCUT2D eigenvalue weighted by Crippen LogP contribution is 2.31. The third-order valence-corrected chi connectivity index (χ3v) is 6.63. The number of hydrogen-bond acceptors (Lipinski definition) is 5. The van der Waals surface area contributed by atoms with Crippen molar-refractivity contribution in [3.05, 3.63) is 60.2 Å². The topological polar surface area (TPSA) is 92.7 Å². The van der Waals surface area contributed by atoms with E-state index in [9.17, 15) is 18.3 Å². The monoisotopic (exact) mass is 399 g/mol. The first-order valence-electron chi connectivity index (χ1n) is 8.69. The zero-order chi connectivity index (χ0) is 20.5. The van der Waals surface area contributed by atoms with Gasteiger partial charge in [0, 0.05) is 0 Å². The number of aromatic hydroxyl groups is 1. The Bertz CT molecular complexity index is 1150. The number of fused-ring (bicyclic) bond motifs is 1. The van der Waals surface area contributed by atoms with Crippen LogP contribution in [0.25, 0.3) is 10.8 Å². The van der Waals surface area contributed by atoms with Crippen molar-refractivity contribution in [2.24, 2.45) is 0 Å². The number of sulfone groups is 1. The van der Waals surface area contributed by atoms with Crippen molar-refractivity contribution < 1.29 is 23.1 Å². The lowest BCUT2D eigenvalue weighted by Gasteiger charge is -2.14. The maximum Gasteiger partial charge on any atom is 0.259 e. The highest BCUT2D eigenvalue weighted by atomic mass is 32.2. The third kappa shape index (κ3) is 3.66. The summed E-state index contributed by atoms with van der Waals surface area (Å²) in [6.45, 7) is 3.18. The first-order valence-corrected chi connectivity index (χ1v) is 10.2. The lowest BCUT2D eigenvalue weighted by Crippen LogP contribution is -2.16. The van der Waals surface area contributed by atoms with Gasteiger partial charge in [-0.15, -0.1) is 0 Å². The van der Waals surface area contributed by atoms with E-state index >= 15 is 0 Å². The van der Waals surface area contributed by atoms with Gasteiger partial charge in [-0.2, -0.15) is 0 Å². The normalized spacial score (nSPS) is 11.6. The number of carbonyl (C=O) groups excluding carboxylic acids is 1. The molecule has 3 rings (SSSR count). The quantitative estimate of drug-likeness (QED) is 0.677. The van der Waals surface area contributed by atoms with Gasteiger partial charge in [0.15, 0.2) is 9.84 Å². The van der Waals surface area contributed by atoms with E-state index in [-0.39, 0.29) is 21.9 Å². The molecule has 0 aliphatic heterocycles. The Balaban J connectivity index is 2.01. The van der Waals surface area contributed by atoms with Crippen molar-refractivity contribution in [2.75, 3.05) is 12.4 Å². The summed E-state index contributed by atoms with van der Waals surface area (Å²) in [5.74, 6) is -0.418. The van der Waals surface area contributed by atoms with Crippen LogP contribution >= 0.6 is 0 Å². The number of phenolic OH excluding ortho intramolecular Hbond substituents is 1. The molecule has 0 saturated carbocycles. The van der Waals surface area contributed by atoms with Gasteiger partial charge in [-0.1, -0.05) is 24.3 Å². The molecular weight excluding hydrogens is 378 g/mol. The highest BCUT2D eigenvalue weighted by molar-refractivity contribution is 7.92. The minimum atomic E-state index is -3.52. The zero-order valence-electron chi connectivity index (χ0n) is 15.8. The first-order chi connectivity index (χ1) is 13.2. The minimum Gasteiger partial charge on any atom is -0.507 e. The molecule has 0 radical (unpaired) electrons. The van der Waals surface area contributed by atoms with Gasteiger partial charge in [-0.05, 0) is 55.0 Å². The van der Waals surface area contributed by atoms with Gasteiger partial charge in [0.2, 0.25) is 0 Å². The molecule has 2 N–H and O–H groups in total. The van der Waals surface area contributed by atoms with Crippen molar-refractivity contribution in [1.29, 1.82) is 0 Å². The fraction of sp³-hybridized carbons (Fsp3) is 0.190. The Morgan fingerprint density at radius 2 is 1.68 bits per heavy atom. The molecule has 3 aromatic carbocycles. The molecule has 0 fully saturated rings. The van der Waals surface area contributed by atoms with E-state index in [0.717, 1.165) is 10.8 Å². The lowest BCUT2D eigenvalue weighted by molar-refractivity contribution is 0.102. The van der Waals surface area contributed by atoms with Crippen LogP contribution in [0.5, 0.6) is 11.5 Å². The SMILES string of the molecule is COc1ccc(S(=O)(=O)C(C)C)cc1NC(=O)c1cc2ccccc2cc1O. The molecule has 0 aliphatic carbocycles. The molecule has 0 aromatic heterocycles. The summed E-state index contributed by atoms with van der Waals surface area (Å²) in [6.07, 6.45) is 0. The highest BCUT2D eigenvalue weighted by Gasteiger charge is 2.22. The van der Waals surface area contributed by atoms with E-state index in [1.165, 1.54) is 31.4 Å². The Morgan fingerprint density at radius 3 is 2.29 bits per heavy atom. The average Bonchev–Trinajstić information content (AvgIpc) is 2.67. The fourth-order valence-electron chi connectivity index (χ4n) is 2.83. The molecule has 6 nitrogen and oxygen atoms in total. The molecule has 0 bridgehead atoms. The first kappa shape index (κ1) is 19.7. The van der Waals surface area contributed by atoms with Gasteiger partial charge in [-0.25, -0.2) is 8.42 Å². The number of methoxy groups -OCH3 is 1. The van der Waals surface area contributed by atoms with E-state index < -0.39 is 21.0 Å². The van der Waals surface area contributed by atoms with Crippen LogP contribution in [-0.2, 0) is 9.84 Å². The summed E-state index contributed by atoms with van der Waals surface area (Å²) >= 11 is 0. The number of rotatable bonds is 5. The second-order valence-corrected chi connectivity index (χ2v) is 9.13. The van der Waals surface area contributed by atoms with Crippen LogP contribution in [0, 0.1) is 0 Å². The summed E-state index contributed by atoms with van der Waals surface area (Å²) in [7, 11) is -2.09. The number of ether oxygens (including phenoxy) is 1. The van der Waals surface area contributed by atoms with Gasteiger partial charge in [0.1, 0.15) is 11.5 Å². The third-order valence-electron chi connectivity index (χ3n) is 4.48. The van der Waals surface area contributed by atoms with Crippen LogP contribution < -0.4 is 10.1 Å². The summed E-state index contributed by atoms with van der Waals surface area (Å²) in [4.78, 5) is 12.9. The van der Waals surface area contributed by atoms with Crippen molar-refractivity contribution in [2.45, 2.75) is 24.0 Å². The number of hydrogen-bond donors (Lipinski definition) is 2. The molecule has 28 heavy (non-hydrogen) atoms. The number of phenols is 1. The van der Waals surface area contributed by atoms with Crippen LogP contribution in [0.15, 0.2) is 59.5 Å². The largest absolute Gasteiger partial charge is 0.507 e. The van der Waals surface area contributed by atoms with Gasteiger partial charge in [0.25, 0.3) is 5.91 Å². The molecule has 3 aromatic rings. The summed E-state index contributed by atoms with van der Waals surface area (Å²) in [5.41, 5.74) is 0.291. The van der Waals surface area contributed by atoms with Gasteiger partial charge in [-0.3, -0.25) is 4.79 Å². The second-order valence-electron chi connectivity index (χ2n) is 6.63. The molecule has 0 heterocycles. The molecule has 146 valence electrons. The van der Waals surface area contributed by atoms with Gasteiger partial charge >= 0.3 is 0 Å². The van der Waals surface area contributed by atoms with Crippen molar-refractivity contribution in [3.8, 4) is 11.5 Å². The van der Waals surface area contributed by atoms with Crippen LogP contribution in [0.4, 0.5) is 5.69 Å². The van der Waals surface area contributed by atoms with E-state index in [1.807, 2.05) is 24.3 Å². The van der Waals surface area contributed by atoms with E-state index in [0.29, 0.717) is 5.75 Å². The number of anilines is 1. The maximum atomic E-state index is 12.8. The van der Waals surface area contributed by atoms with E-state index in [2.05, 4.69) is 5.32 Å². The number of carbonyl (C=O) groups is 1. The summed E-state index contributed by atoms with van der Waals surface area (Å²) in [6, 6.07) is 14.7. The number of benzene rings is 3. The molecular formula is C21H21NO5S. The minimum absolute atomic E-state index is 0.0814. The van der Waals surface area contributed by atoms with Gasteiger partial charge < -0.3 is 15.2 Å². The predicted molar refractivity (Wildman–Crippen MR) is 109 cm³/mol. The Hall–Kier alpha value is -3.06. The Labute approximate surface area is 163 Å². The lowest BCUT2D eigenvalue weighted by atomic mass is 10.1. The van der Waals surface area contributed by atoms with Crippen LogP contribution in [-0.4, -0.2) is 31.8 Å². The van der Waals surface area contributed by atoms with Crippen molar-refractivity contribution in [1.82, 2.24) is 0 Å². The van der Waals surface area contributed by atoms with E-state index in [1.54, 1.807) is 19.9 Å². The van der Waals surface area contributed by atoms with Crippen LogP contribution in [0.1, 0.15) is 24.2 Å². The molecule has 0 atom stereocenters. The maximum absolute atomic E-state index is 12.8. The Morgan fingerprint density at radius 1 is 1.04 bits per heavy atom. The van der Waals surface area contributed by atoms with E-state index in [4.69, 9.17) is 4.74 Å². The van der Waals surface area contributed by atoms with Crippen LogP contribution in [0.2, 0.25) is 0 Å². The standard InChI is InChI=1S/C21H21NO5S/c1-13(2)28(25,26)16-8-9-20(27-3)18(12-16)22-21(24)17-10-14-6-4-5-7-15(14)11-19(17)23/h4-13,23H,1-3H3,(H,22,24). The number of amides is 1. The Kier molecular flexibility index (Phi) is 5.29. The smallest absolute Gasteiger partial charge is 0.259 e. The second kappa shape index (κ2) is 7.52.